The van der Waals surface area contributed by atoms with E-state index in [4.69, 9.17) is 5.73 Å². The second kappa shape index (κ2) is 5.04. The summed E-state index contributed by atoms with van der Waals surface area (Å²) in [6.07, 6.45) is 8.29. The van der Waals surface area contributed by atoms with E-state index in [1.165, 1.54) is 31.2 Å². The summed E-state index contributed by atoms with van der Waals surface area (Å²) in [5.74, 6) is 2.70. The Morgan fingerprint density at radius 3 is 2.95 bits per heavy atom. The molecule has 2 aliphatic carbocycles. The van der Waals surface area contributed by atoms with Gasteiger partial charge < -0.3 is 10.6 Å². The van der Waals surface area contributed by atoms with Crippen LogP contribution in [0.2, 0.25) is 0 Å². The molecule has 3 atom stereocenters. The van der Waals surface area contributed by atoms with E-state index < -0.39 is 0 Å². The van der Waals surface area contributed by atoms with Gasteiger partial charge in [-0.05, 0) is 67.6 Å². The molecule has 1 amide bonds. The molecule has 2 N–H and O–H groups in total. The number of hydrogen-bond acceptors (Lipinski definition) is 2. The molecule has 3 nitrogen and oxygen atoms in total. The minimum Gasteiger partial charge on any atom is -0.399 e. The Labute approximate surface area is 126 Å². The number of nitrogens with zero attached hydrogens (tertiary/aromatic N) is 1. The molecule has 21 heavy (non-hydrogen) atoms. The quantitative estimate of drug-likeness (QED) is 0.846. The van der Waals surface area contributed by atoms with Crippen molar-refractivity contribution in [1.82, 2.24) is 0 Å². The minimum atomic E-state index is 0.319. The summed E-state index contributed by atoms with van der Waals surface area (Å²) in [5.41, 5.74) is 9.02. The average Bonchev–Trinajstić information content (AvgIpc) is 3.09. The molecule has 1 aromatic carbocycles. The van der Waals surface area contributed by atoms with Crippen molar-refractivity contribution < 1.29 is 4.79 Å². The topological polar surface area (TPSA) is 46.3 Å². The van der Waals surface area contributed by atoms with Crippen LogP contribution in [-0.4, -0.2) is 12.5 Å². The lowest BCUT2D eigenvalue weighted by molar-refractivity contribution is -0.120. The van der Waals surface area contributed by atoms with Crippen molar-refractivity contribution in [1.29, 1.82) is 0 Å². The monoisotopic (exact) mass is 284 g/mol. The Morgan fingerprint density at radius 2 is 2.19 bits per heavy atom. The molecule has 2 bridgehead atoms. The zero-order valence-electron chi connectivity index (χ0n) is 12.6. The Balaban J connectivity index is 1.52. The number of nitrogen functional groups attached to an aromatic ring is 1. The first-order valence-corrected chi connectivity index (χ1v) is 8.39. The van der Waals surface area contributed by atoms with Crippen molar-refractivity contribution in [2.75, 3.05) is 17.2 Å². The van der Waals surface area contributed by atoms with Crippen LogP contribution in [0, 0.1) is 17.8 Å². The fourth-order valence-corrected chi connectivity index (χ4v) is 4.81. The molecule has 2 fully saturated rings. The number of carbonyl (C=O) groups excluding carboxylic acids is 1. The SMILES string of the molecule is Nc1ccc2c(c1)N(C(=O)CC1CC3CCC1C3)CCC2. The summed E-state index contributed by atoms with van der Waals surface area (Å²) in [4.78, 5) is 14.8. The van der Waals surface area contributed by atoms with Gasteiger partial charge in [-0.2, -0.15) is 0 Å². The second-order valence-corrected chi connectivity index (χ2v) is 7.18. The predicted octanol–water partition coefficient (Wildman–Crippen LogP) is 3.37. The number of rotatable bonds is 2. The average molecular weight is 284 g/mol. The van der Waals surface area contributed by atoms with E-state index in [2.05, 4.69) is 6.07 Å². The van der Waals surface area contributed by atoms with Gasteiger partial charge in [-0.1, -0.05) is 12.5 Å². The van der Waals surface area contributed by atoms with Crippen LogP contribution in [0.3, 0.4) is 0 Å². The summed E-state index contributed by atoms with van der Waals surface area (Å²) in [7, 11) is 0. The molecule has 2 saturated carbocycles. The molecule has 1 aromatic rings. The highest BCUT2D eigenvalue weighted by atomic mass is 16.2. The molecule has 1 heterocycles. The van der Waals surface area contributed by atoms with Crippen molar-refractivity contribution in [3.05, 3.63) is 23.8 Å². The van der Waals surface area contributed by atoms with Gasteiger partial charge in [-0.15, -0.1) is 0 Å². The molecule has 4 rings (SSSR count). The third-order valence-corrected chi connectivity index (χ3v) is 5.85. The van der Waals surface area contributed by atoms with E-state index in [1.54, 1.807) is 0 Å². The highest BCUT2D eigenvalue weighted by Crippen LogP contribution is 2.49. The molecular formula is C18H24N2O. The van der Waals surface area contributed by atoms with Gasteiger partial charge in [0.15, 0.2) is 0 Å². The highest BCUT2D eigenvalue weighted by molar-refractivity contribution is 5.95. The van der Waals surface area contributed by atoms with Crippen LogP contribution in [0.1, 0.15) is 44.1 Å². The van der Waals surface area contributed by atoms with Gasteiger partial charge in [0, 0.05) is 24.3 Å². The van der Waals surface area contributed by atoms with Gasteiger partial charge in [0.05, 0.1) is 0 Å². The van der Waals surface area contributed by atoms with E-state index >= 15 is 0 Å². The number of hydrogen-bond donors (Lipinski definition) is 1. The maximum Gasteiger partial charge on any atom is 0.227 e. The smallest absolute Gasteiger partial charge is 0.227 e. The van der Waals surface area contributed by atoms with Crippen molar-refractivity contribution in [2.24, 2.45) is 17.8 Å². The minimum absolute atomic E-state index is 0.319. The summed E-state index contributed by atoms with van der Waals surface area (Å²) in [6.45, 7) is 0.857. The third-order valence-electron chi connectivity index (χ3n) is 5.85. The molecule has 1 aliphatic heterocycles. The van der Waals surface area contributed by atoms with E-state index in [-0.39, 0.29) is 0 Å². The number of nitrogens with two attached hydrogens (primary N) is 1. The first kappa shape index (κ1) is 13.2. The number of fused-ring (bicyclic) bond motifs is 3. The number of amides is 1. The first-order chi connectivity index (χ1) is 10.2. The summed E-state index contributed by atoms with van der Waals surface area (Å²) in [6, 6.07) is 6.01. The fourth-order valence-electron chi connectivity index (χ4n) is 4.81. The predicted molar refractivity (Wildman–Crippen MR) is 85.1 cm³/mol. The largest absolute Gasteiger partial charge is 0.399 e. The van der Waals surface area contributed by atoms with E-state index in [1.807, 2.05) is 17.0 Å². The summed E-state index contributed by atoms with van der Waals surface area (Å²) in [5, 5.41) is 0. The van der Waals surface area contributed by atoms with Crippen molar-refractivity contribution in [3.8, 4) is 0 Å². The Hall–Kier alpha value is -1.51. The summed E-state index contributed by atoms with van der Waals surface area (Å²) < 4.78 is 0. The Morgan fingerprint density at radius 1 is 1.29 bits per heavy atom. The van der Waals surface area contributed by atoms with Gasteiger partial charge in [0.25, 0.3) is 0 Å². The molecule has 3 heteroatoms. The second-order valence-electron chi connectivity index (χ2n) is 7.18. The standard InChI is InChI=1S/C18H24N2O/c19-16-6-5-13-2-1-7-20(17(13)11-16)18(21)10-15-9-12-3-4-14(15)8-12/h5-6,11-12,14-15H,1-4,7-10,19H2. The molecular weight excluding hydrogens is 260 g/mol. The fraction of sp³-hybridized carbons (Fsp3) is 0.611. The van der Waals surface area contributed by atoms with Crippen molar-refractivity contribution in [3.63, 3.8) is 0 Å². The lowest BCUT2D eigenvalue weighted by Gasteiger charge is -2.32. The number of anilines is 2. The molecule has 112 valence electrons. The lowest BCUT2D eigenvalue weighted by atomic mass is 9.86. The molecule has 3 unspecified atom stereocenters. The number of benzene rings is 1. The maximum atomic E-state index is 12.8. The van der Waals surface area contributed by atoms with E-state index in [0.29, 0.717) is 11.8 Å². The third kappa shape index (κ3) is 2.33. The maximum absolute atomic E-state index is 12.8. The highest BCUT2D eigenvalue weighted by Gasteiger charge is 2.40. The van der Waals surface area contributed by atoms with Gasteiger partial charge >= 0.3 is 0 Å². The van der Waals surface area contributed by atoms with Crippen LogP contribution in [0.5, 0.6) is 0 Å². The van der Waals surface area contributed by atoms with Crippen LogP contribution in [0.15, 0.2) is 18.2 Å². The Bertz CT molecular complexity index is 568. The Kier molecular flexibility index (Phi) is 3.16. The number of carbonyl (C=O) groups is 1. The van der Waals surface area contributed by atoms with Crippen LogP contribution in [-0.2, 0) is 11.2 Å². The van der Waals surface area contributed by atoms with Crippen LogP contribution < -0.4 is 10.6 Å². The van der Waals surface area contributed by atoms with Crippen molar-refractivity contribution in [2.45, 2.75) is 44.9 Å². The zero-order valence-corrected chi connectivity index (χ0v) is 12.6. The molecule has 0 spiro atoms. The van der Waals surface area contributed by atoms with Gasteiger partial charge in [-0.3, -0.25) is 4.79 Å². The van der Waals surface area contributed by atoms with Crippen LogP contribution in [0.4, 0.5) is 11.4 Å². The van der Waals surface area contributed by atoms with Crippen LogP contribution in [0.25, 0.3) is 0 Å². The van der Waals surface area contributed by atoms with Gasteiger partial charge in [0.1, 0.15) is 0 Å². The molecule has 0 saturated heterocycles. The van der Waals surface area contributed by atoms with Crippen LogP contribution >= 0.6 is 0 Å². The van der Waals surface area contributed by atoms with Gasteiger partial charge in [0.2, 0.25) is 5.91 Å². The molecule has 0 aromatic heterocycles. The molecule has 3 aliphatic rings. The summed E-state index contributed by atoms with van der Waals surface area (Å²) >= 11 is 0. The van der Waals surface area contributed by atoms with E-state index in [0.717, 1.165) is 49.0 Å². The zero-order chi connectivity index (χ0) is 14.4. The lowest BCUT2D eigenvalue weighted by Crippen LogP contribution is -2.37. The number of aryl methyl sites for hydroxylation is 1. The molecule has 0 radical (unpaired) electrons. The van der Waals surface area contributed by atoms with Crippen molar-refractivity contribution >= 4 is 17.3 Å². The van der Waals surface area contributed by atoms with Gasteiger partial charge in [-0.25, -0.2) is 0 Å². The van der Waals surface area contributed by atoms with E-state index in [9.17, 15) is 4.79 Å². The first-order valence-electron chi connectivity index (χ1n) is 8.39. The normalized spacial score (nSPS) is 30.5.